The van der Waals surface area contributed by atoms with E-state index < -0.39 is 0 Å². The van der Waals surface area contributed by atoms with Gasteiger partial charge >= 0.3 is 0 Å². The first-order valence-corrected chi connectivity index (χ1v) is 11.0. The smallest absolute Gasteiger partial charge is 0.0110 e. The Morgan fingerprint density at radius 3 is 0.769 bits per heavy atom. The Morgan fingerprint density at radius 2 is 0.577 bits per heavy atom. The standard InChI is InChI=1S/C22H40N4/c1-19-9-20(2)13-23(11-19)5-7-25-15-21(3)10-22(4,17-25)18-26(16-21)8-6-24(12-19)14-20/h5-18H2,1-4H3. The fourth-order valence-electron chi connectivity index (χ4n) is 8.45. The summed E-state index contributed by atoms with van der Waals surface area (Å²) in [6, 6.07) is 0. The van der Waals surface area contributed by atoms with Gasteiger partial charge in [0.25, 0.3) is 0 Å². The second kappa shape index (κ2) is 5.68. The van der Waals surface area contributed by atoms with Crippen LogP contribution >= 0.6 is 0 Å². The highest BCUT2D eigenvalue weighted by atomic mass is 15.3. The normalized spacial score (nSPS) is 59.5. The summed E-state index contributed by atoms with van der Waals surface area (Å²) in [7, 11) is 0. The average molecular weight is 361 g/mol. The maximum absolute atomic E-state index is 2.83. The summed E-state index contributed by atoms with van der Waals surface area (Å²) in [6.45, 7) is 25.9. The number of rotatable bonds is 0. The maximum Gasteiger partial charge on any atom is 0.0110 e. The molecule has 0 spiro atoms. The van der Waals surface area contributed by atoms with Crippen molar-refractivity contribution in [3.8, 4) is 0 Å². The Hall–Kier alpha value is -0.160. The average Bonchev–Trinajstić information content (AvgIpc) is 2.45. The Morgan fingerprint density at radius 1 is 0.385 bits per heavy atom. The van der Waals surface area contributed by atoms with Crippen molar-refractivity contribution in [3.05, 3.63) is 0 Å². The lowest BCUT2D eigenvalue weighted by atomic mass is 9.64. The summed E-state index contributed by atoms with van der Waals surface area (Å²) in [5, 5.41) is 0. The summed E-state index contributed by atoms with van der Waals surface area (Å²) >= 11 is 0. The summed E-state index contributed by atoms with van der Waals surface area (Å²) in [4.78, 5) is 11.3. The van der Waals surface area contributed by atoms with Gasteiger partial charge in [-0.15, -0.1) is 0 Å². The van der Waals surface area contributed by atoms with E-state index in [1.807, 2.05) is 0 Å². The molecule has 8 heterocycles. The molecule has 0 aromatic carbocycles. The molecule has 8 aliphatic rings. The van der Waals surface area contributed by atoms with Crippen molar-refractivity contribution >= 4 is 0 Å². The molecule has 0 aliphatic carbocycles. The fourth-order valence-corrected chi connectivity index (χ4v) is 8.45. The van der Waals surface area contributed by atoms with Crippen LogP contribution in [0.3, 0.4) is 0 Å². The first-order chi connectivity index (χ1) is 12.1. The van der Waals surface area contributed by atoms with Crippen molar-refractivity contribution in [2.75, 3.05) is 78.5 Å². The van der Waals surface area contributed by atoms with Crippen LogP contribution in [0, 0.1) is 21.7 Å². The number of nitrogens with zero attached hydrogens (tertiary/aromatic N) is 4. The minimum atomic E-state index is 0.495. The van der Waals surface area contributed by atoms with Gasteiger partial charge in [-0.05, 0) is 34.5 Å². The third-order valence-electron chi connectivity index (χ3n) is 8.01. The molecule has 8 rings (SSSR count). The van der Waals surface area contributed by atoms with Gasteiger partial charge in [0.05, 0.1) is 0 Å². The molecule has 0 saturated carbocycles. The van der Waals surface area contributed by atoms with E-state index in [0.717, 1.165) is 0 Å². The van der Waals surface area contributed by atoms with Crippen molar-refractivity contribution in [3.63, 3.8) is 0 Å². The van der Waals surface area contributed by atoms with Gasteiger partial charge in [0.2, 0.25) is 0 Å². The lowest BCUT2D eigenvalue weighted by Crippen LogP contribution is -2.66. The third-order valence-corrected chi connectivity index (χ3v) is 8.01. The second-order valence-electron chi connectivity index (χ2n) is 12.4. The van der Waals surface area contributed by atoms with E-state index in [4.69, 9.17) is 0 Å². The van der Waals surface area contributed by atoms with Gasteiger partial charge in [-0.2, -0.15) is 0 Å². The predicted molar refractivity (Wildman–Crippen MR) is 107 cm³/mol. The van der Waals surface area contributed by atoms with E-state index in [9.17, 15) is 0 Å². The molecule has 8 bridgehead atoms. The van der Waals surface area contributed by atoms with E-state index >= 15 is 0 Å². The van der Waals surface area contributed by atoms with E-state index in [2.05, 4.69) is 47.3 Å². The van der Waals surface area contributed by atoms with Crippen LogP contribution in [0.2, 0.25) is 0 Å². The molecule has 0 radical (unpaired) electrons. The molecule has 8 saturated heterocycles. The van der Waals surface area contributed by atoms with Gasteiger partial charge in [-0.3, -0.25) is 0 Å². The summed E-state index contributed by atoms with van der Waals surface area (Å²) in [5.74, 6) is 0. The Bertz CT molecular complexity index is 450. The number of piperidine rings is 4. The highest BCUT2D eigenvalue weighted by molar-refractivity contribution is 5.04. The third kappa shape index (κ3) is 3.25. The lowest BCUT2D eigenvalue weighted by Gasteiger charge is -2.60. The zero-order chi connectivity index (χ0) is 18.2. The minimum Gasteiger partial charge on any atom is -0.301 e. The zero-order valence-corrected chi connectivity index (χ0v) is 17.7. The zero-order valence-electron chi connectivity index (χ0n) is 17.7. The molecular weight excluding hydrogens is 320 g/mol. The quantitative estimate of drug-likeness (QED) is 0.656. The molecule has 8 fully saturated rings. The molecule has 0 N–H and O–H groups in total. The Balaban J connectivity index is 1.44. The van der Waals surface area contributed by atoms with E-state index in [0.29, 0.717) is 21.7 Å². The molecule has 0 unspecified atom stereocenters. The summed E-state index contributed by atoms with van der Waals surface area (Å²) in [6.07, 6.45) is 2.85. The maximum atomic E-state index is 2.83. The monoisotopic (exact) mass is 360 g/mol. The van der Waals surface area contributed by atoms with Crippen molar-refractivity contribution < 1.29 is 0 Å². The summed E-state index contributed by atoms with van der Waals surface area (Å²) < 4.78 is 0. The van der Waals surface area contributed by atoms with E-state index in [-0.39, 0.29) is 0 Å². The van der Waals surface area contributed by atoms with Crippen molar-refractivity contribution in [1.82, 2.24) is 19.6 Å². The minimum absolute atomic E-state index is 0.495. The topological polar surface area (TPSA) is 13.0 Å². The SMILES string of the molecule is CC12CN3CCN4CC5(C)CN(CCN(C1)CC(C)(C3)C2)CC(C)(C4)C5. The van der Waals surface area contributed by atoms with E-state index in [1.54, 1.807) is 0 Å². The first kappa shape index (κ1) is 17.9. The molecule has 0 atom stereocenters. The van der Waals surface area contributed by atoms with Gasteiger partial charge < -0.3 is 19.6 Å². The van der Waals surface area contributed by atoms with Gasteiger partial charge in [0.15, 0.2) is 0 Å². The highest BCUT2D eigenvalue weighted by Crippen LogP contribution is 2.47. The van der Waals surface area contributed by atoms with Crippen LogP contribution in [0.25, 0.3) is 0 Å². The van der Waals surface area contributed by atoms with Crippen LogP contribution in [-0.4, -0.2) is 98.1 Å². The van der Waals surface area contributed by atoms with Gasteiger partial charge in [-0.25, -0.2) is 0 Å². The predicted octanol–water partition coefficient (Wildman–Crippen LogP) is 2.07. The van der Waals surface area contributed by atoms with Crippen molar-refractivity contribution in [1.29, 1.82) is 0 Å². The Kier molecular flexibility index (Phi) is 3.91. The first-order valence-electron chi connectivity index (χ1n) is 11.0. The van der Waals surface area contributed by atoms with Crippen LogP contribution < -0.4 is 0 Å². The fraction of sp³-hybridized carbons (Fsp3) is 1.00. The number of hydrogen-bond acceptors (Lipinski definition) is 4. The molecule has 0 amide bonds. The summed E-state index contributed by atoms with van der Waals surface area (Å²) in [5.41, 5.74) is 1.98. The van der Waals surface area contributed by atoms with Crippen LogP contribution in [0.1, 0.15) is 40.5 Å². The van der Waals surface area contributed by atoms with Crippen molar-refractivity contribution in [2.24, 2.45) is 21.7 Å². The second-order valence-corrected chi connectivity index (χ2v) is 12.4. The van der Waals surface area contributed by atoms with Gasteiger partial charge in [0, 0.05) is 78.5 Å². The van der Waals surface area contributed by atoms with E-state index in [1.165, 1.54) is 91.4 Å². The Labute approximate surface area is 160 Å². The van der Waals surface area contributed by atoms with Crippen molar-refractivity contribution in [2.45, 2.75) is 40.5 Å². The molecule has 4 nitrogen and oxygen atoms in total. The molecule has 4 heteroatoms. The van der Waals surface area contributed by atoms with Crippen LogP contribution in [0.15, 0.2) is 0 Å². The molecule has 26 heavy (non-hydrogen) atoms. The molecule has 0 aromatic rings. The van der Waals surface area contributed by atoms with Crippen LogP contribution in [-0.2, 0) is 0 Å². The molecular formula is C22H40N4. The highest BCUT2D eigenvalue weighted by Gasteiger charge is 2.51. The van der Waals surface area contributed by atoms with Crippen LogP contribution in [0.4, 0.5) is 0 Å². The molecule has 8 aliphatic heterocycles. The van der Waals surface area contributed by atoms with Gasteiger partial charge in [0.1, 0.15) is 0 Å². The number of hydrogen-bond donors (Lipinski definition) is 0. The lowest BCUT2D eigenvalue weighted by molar-refractivity contribution is -0.105. The van der Waals surface area contributed by atoms with Crippen LogP contribution in [0.5, 0.6) is 0 Å². The molecule has 0 aromatic heterocycles. The van der Waals surface area contributed by atoms with Gasteiger partial charge in [-0.1, -0.05) is 27.7 Å². The molecule has 148 valence electrons. The largest absolute Gasteiger partial charge is 0.301 e.